The maximum Gasteiger partial charge on any atom is 0.255 e. The van der Waals surface area contributed by atoms with Crippen LogP contribution < -0.4 is 5.32 Å². The van der Waals surface area contributed by atoms with Gasteiger partial charge in [0.05, 0.1) is 17.4 Å². The van der Waals surface area contributed by atoms with E-state index in [1.165, 1.54) is 0 Å². The third-order valence-corrected chi connectivity index (χ3v) is 3.12. The van der Waals surface area contributed by atoms with E-state index in [2.05, 4.69) is 15.5 Å². The third kappa shape index (κ3) is 2.09. The summed E-state index contributed by atoms with van der Waals surface area (Å²) in [5, 5.41) is 18.8. The Balaban J connectivity index is 1.88. The molecule has 1 saturated carbocycles. The largest absolute Gasteiger partial charge is 0.393 e. The molecular formula is C11H17N3O2. The number of aliphatic hydroxyl groups is 1. The molecule has 0 aliphatic heterocycles. The van der Waals surface area contributed by atoms with Crippen molar-refractivity contribution < 1.29 is 9.90 Å². The van der Waals surface area contributed by atoms with E-state index in [4.69, 9.17) is 5.11 Å². The SMILES string of the molecule is Cc1n[nH]c(C)c1C(=O)NCC1CC(O)C1. The molecule has 5 nitrogen and oxygen atoms in total. The predicted octanol–water partition coefficient (Wildman–Crippen LogP) is 0.527. The number of aliphatic hydroxyl groups excluding tert-OH is 1. The minimum atomic E-state index is -0.167. The minimum absolute atomic E-state index is 0.0786. The molecule has 0 atom stereocenters. The number of nitrogens with zero attached hydrogens (tertiary/aromatic N) is 1. The maximum absolute atomic E-state index is 11.8. The fourth-order valence-electron chi connectivity index (χ4n) is 2.08. The lowest BCUT2D eigenvalue weighted by molar-refractivity contribution is 0.0420. The van der Waals surface area contributed by atoms with E-state index in [9.17, 15) is 4.79 Å². The molecule has 1 aliphatic rings. The quantitative estimate of drug-likeness (QED) is 0.699. The second-order valence-electron chi connectivity index (χ2n) is 4.51. The van der Waals surface area contributed by atoms with Crippen molar-refractivity contribution >= 4 is 5.91 Å². The molecule has 5 heteroatoms. The molecular weight excluding hydrogens is 206 g/mol. The van der Waals surface area contributed by atoms with Gasteiger partial charge in [0.25, 0.3) is 5.91 Å². The third-order valence-electron chi connectivity index (χ3n) is 3.12. The van der Waals surface area contributed by atoms with Crippen molar-refractivity contribution in [1.29, 1.82) is 0 Å². The second-order valence-corrected chi connectivity index (χ2v) is 4.51. The first-order valence-corrected chi connectivity index (χ1v) is 5.55. The Hall–Kier alpha value is -1.36. The molecule has 16 heavy (non-hydrogen) atoms. The van der Waals surface area contributed by atoms with Crippen molar-refractivity contribution in [2.24, 2.45) is 5.92 Å². The van der Waals surface area contributed by atoms with Gasteiger partial charge in [0.15, 0.2) is 0 Å². The number of hydrogen-bond acceptors (Lipinski definition) is 3. The molecule has 1 aromatic rings. The Labute approximate surface area is 94.2 Å². The van der Waals surface area contributed by atoms with Crippen molar-refractivity contribution in [3.8, 4) is 0 Å². The highest BCUT2D eigenvalue weighted by atomic mass is 16.3. The van der Waals surface area contributed by atoms with Gasteiger partial charge >= 0.3 is 0 Å². The fraction of sp³-hybridized carbons (Fsp3) is 0.636. The van der Waals surface area contributed by atoms with E-state index in [1.807, 2.05) is 13.8 Å². The molecule has 0 unspecified atom stereocenters. The number of amides is 1. The molecule has 0 radical (unpaired) electrons. The smallest absolute Gasteiger partial charge is 0.255 e. The molecule has 1 aliphatic carbocycles. The molecule has 0 spiro atoms. The van der Waals surface area contributed by atoms with Gasteiger partial charge in [0.2, 0.25) is 0 Å². The van der Waals surface area contributed by atoms with Crippen LogP contribution in [0.4, 0.5) is 0 Å². The van der Waals surface area contributed by atoms with Crippen LogP contribution in [0.3, 0.4) is 0 Å². The van der Waals surface area contributed by atoms with Crippen molar-refractivity contribution in [2.45, 2.75) is 32.8 Å². The van der Waals surface area contributed by atoms with Crippen LogP contribution in [0.15, 0.2) is 0 Å². The zero-order valence-electron chi connectivity index (χ0n) is 9.58. The summed E-state index contributed by atoms with van der Waals surface area (Å²) in [4.78, 5) is 11.8. The Morgan fingerprint density at radius 3 is 2.75 bits per heavy atom. The van der Waals surface area contributed by atoms with E-state index < -0.39 is 0 Å². The van der Waals surface area contributed by atoms with Crippen LogP contribution in [-0.2, 0) is 0 Å². The summed E-state index contributed by atoms with van der Waals surface area (Å²) < 4.78 is 0. The number of rotatable bonds is 3. The number of carbonyl (C=O) groups excluding carboxylic acids is 1. The number of aryl methyl sites for hydroxylation is 2. The lowest BCUT2D eigenvalue weighted by Crippen LogP contribution is -2.38. The van der Waals surface area contributed by atoms with Crippen LogP contribution in [0.25, 0.3) is 0 Å². The highest BCUT2D eigenvalue weighted by Crippen LogP contribution is 2.26. The minimum Gasteiger partial charge on any atom is -0.393 e. The van der Waals surface area contributed by atoms with Gasteiger partial charge in [-0.3, -0.25) is 9.89 Å². The zero-order valence-corrected chi connectivity index (χ0v) is 9.58. The van der Waals surface area contributed by atoms with Crippen molar-refractivity contribution in [2.75, 3.05) is 6.54 Å². The van der Waals surface area contributed by atoms with E-state index >= 15 is 0 Å². The van der Waals surface area contributed by atoms with E-state index in [1.54, 1.807) is 0 Å². The molecule has 0 aromatic carbocycles. The highest BCUT2D eigenvalue weighted by molar-refractivity contribution is 5.96. The van der Waals surface area contributed by atoms with Crippen molar-refractivity contribution in [3.05, 3.63) is 17.0 Å². The summed E-state index contributed by atoms with van der Waals surface area (Å²) in [7, 11) is 0. The number of carbonyl (C=O) groups is 1. The van der Waals surface area contributed by atoms with Gasteiger partial charge in [-0.05, 0) is 32.6 Å². The lowest BCUT2D eigenvalue weighted by atomic mass is 9.82. The standard InChI is InChI=1S/C11H17N3O2/c1-6-10(7(2)14-13-6)11(16)12-5-8-3-9(15)4-8/h8-9,15H,3-5H2,1-2H3,(H,12,16)(H,13,14). The number of nitrogens with one attached hydrogen (secondary N) is 2. The van der Waals surface area contributed by atoms with Crippen LogP contribution in [0.5, 0.6) is 0 Å². The molecule has 1 amide bonds. The lowest BCUT2D eigenvalue weighted by Gasteiger charge is -2.31. The first-order valence-electron chi connectivity index (χ1n) is 5.55. The van der Waals surface area contributed by atoms with Crippen LogP contribution in [0, 0.1) is 19.8 Å². The van der Waals surface area contributed by atoms with Gasteiger partial charge in [-0.1, -0.05) is 0 Å². The van der Waals surface area contributed by atoms with Gasteiger partial charge in [-0.2, -0.15) is 5.10 Å². The Kier molecular flexibility index (Phi) is 2.96. The normalized spacial score (nSPS) is 23.9. The van der Waals surface area contributed by atoms with Crippen molar-refractivity contribution in [1.82, 2.24) is 15.5 Å². The zero-order chi connectivity index (χ0) is 11.7. The molecule has 1 fully saturated rings. The average Bonchev–Trinajstić information content (AvgIpc) is 2.51. The Bertz CT molecular complexity index is 374. The van der Waals surface area contributed by atoms with Gasteiger partial charge < -0.3 is 10.4 Å². The monoisotopic (exact) mass is 223 g/mol. The summed E-state index contributed by atoms with van der Waals surface area (Å²) in [5.74, 6) is 0.344. The van der Waals surface area contributed by atoms with Crippen LogP contribution >= 0.6 is 0 Å². The molecule has 88 valence electrons. The molecule has 3 N–H and O–H groups in total. The number of H-pyrrole nitrogens is 1. The molecule has 2 rings (SSSR count). The maximum atomic E-state index is 11.8. The van der Waals surface area contributed by atoms with Crippen molar-refractivity contribution in [3.63, 3.8) is 0 Å². The molecule has 1 aromatic heterocycles. The molecule has 1 heterocycles. The predicted molar refractivity (Wildman–Crippen MR) is 59.1 cm³/mol. The van der Waals surface area contributed by atoms with E-state index in [0.717, 1.165) is 24.2 Å². The van der Waals surface area contributed by atoms with E-state index in [-0.39, 0.29) is 12.0 Å². The summed E-state index contributed by atoms with van der Waals surface area (Å²) in [6.07, 6.45) is 1.42. The first kappa shape index (κ1) is 11.1. The van der Waals surface area contributed by atoms with Crippen LogP contribution in [-0.4, -0.2) is 33.9 Å². The Morgan fingerprint density at radius 2 is 2.25 bits per heavy atom. The van der Waals surface area contributed by atoms with Gasteiger partial charge in [0, 0.05) is 12.2 Å². The van der Waals surface area contributed by atoms with E-state index in [0.29, 0.717) is 18.0 Å². The summed E-state index contributed by atoms with van der Waals surface area (Å²) in [6, 6.07) is 0. The summed E-state index contributed by atoms with van der Waals surface area (Å²) in [5.41, 5.74) is 2.16. The second kappa shape index (κ2) is 4.25. The van der Waals surface area contributed by atoms with Gasteiger partial charge in [0.1, 0.15) is 0 Å². The Morgan fingerprint density at radius 1 is 1.56 bits per heavy atom. The van der Waals surface area contributed by atoms with Gasteiger partial charge in [-0.25, -0.2) is 0 Å². The van der Waals surface area contributed by atoms with Crippen LogP contribution in [0.1, 0.15) is 34.6 Å². The summed E-state index contributed by atoms with van der Waals surface area (Å²) >= 11 is 0. The first-order chi connectivity index (χ1) is 7.58. The van der Waals surface area contributed by atoms with Crippen LogP contribution in [0.2, 0.25) is 0 Å². The highest BCUT2D eigenvalue weighted by Gasteiger charge is 2.27. The fourth-order valence-corrected chi connectivity index (χ4v) is 2.08. The number of hydrogen-bond donors (Lipinski definition) is 3. The molecule has 0 saturated heterocycles. The number of aromatic amines is 1. The topological polar surface area (TPSA) is 78.0 Å². The molecule has 0 bridgehead atoms. The number of aromatic nitrogens is 2. The summed E-state index contributed by atoms with van der Waals surface area (Å²) in [6.45, 7) is 4.29. The van der Waals surface area contributed by atoms with Gasteiger partial charge in [-0.15, -0.1) is 0 Å². The average molecular weight is 223 g/mol.